The molecule has 0 bridgehead atoms. The summed E-state index contributed by atoms with van der Waals surface area (Å²) < 4.78 is 0. The second-order valence-electron chi connectivity index (χ2n) is 21.5. The Kier molecular flexibility index (Phi) is 28.6. The van der Waals surface area contributed by atoms with Gasteiger partial charge >= 0.3 is 0 Å². The smallest absolute Gasteiger partial charge is 0.300 e. The van der Waals surface area contributed by atoms with Gasteiger partial charge in [-0.15, -0.1) is 0 Å². The average molecular weight is 1240 g/mol. The Morgan fingerprint density at radius 2 is 1.34 bits per heavy atom. The number of aliphatic carboxylic acids is 1. The lowest BCUT2D eigenvalue weighted by molar-refractivity contribution is -0.142. The van der Waals surface area contributed by atoms with E-state index in [-0.39, 0.29) is 94.1 Å². The van der Waals surface area contributed by atoms with Crippen LogP contribution in [0.5, 0.6) is 0 Å². The third-order valence-corrected chi connectivity index (χ3v) is 14.0. The van der Waals surface area contributed by atoms with Gasteiger partial charge in [-0.2, -0.15) is 0 Å². The van der Waals surface area contributed by atoms with E-state index in [0.29, 0.717) is 23.2 Å². The molecule has 6 rings (SSSR count). The fourth-order valence-corrected chi connectivity index (χ4v) is 9.78. The van der Waals surface area contributed by atoms with E-state index in [0.717, 1.165) is 17.8 Å². The average Bonchev–Trinajstić information content (AvgIpc) is 4.37. The maximum absolute atomic E-state index is 14.4. The molecule has 2 aromatic heterocycles. The molecule has 2 aliphatic rings. The highest BCUT2D eigenvalue weighted by Gasteiger charge is 2.39. The zero-order valence-corrected chi connectivity index (χ0v) is 49.6. The molecule has 89 heavy (non-hydrogen) atoms. The van der Waals surface area contributed by atoms with Crippen LogP contribution in [0.15, 0.2) is 78.3 Å². The van der Waals surface area contributed by atoms with Crippen molar-refractivity contribution in [2.75, 3.05) is 32.8 Å². The van der Waals surface area contributed by atoms with Gasteiger partial charge in [-0.25, -0.2) is 4.98 Å². The molecule has 2 saturated heterocycles. The molecule has 0 saturated carbocycles. The van der Waals surface area contributed by atoms with E-state index in [9.17, 15) is 57.8 Å². The molecule has 4 heterocycles. The van der Waals surface area contributed by atoms with Crippen LogP contribution >= 0.6 is 0 Å². The SMILES string of the molecule is CC(=O)O.CC(C)C[C@H](NC(=O)CNC(=O)[C@H](Cc1ccccc1)NC(=O)[C@H](CO)NC(=O)[C@H](Cc1c[nH]c2ccccc12)NC(=O)[C@H](Cc1cnc[nH]1)NC(=O)[C@@H]1CCC(=O)N1)C(=O)N[C@@H](CCCN=C(N)N)C(=O)N1CCC[C@H]1C(=O)NCC(N)=O.O. The predicted molar refractivity (Wildman–Crippen MR) is 321 cm³/mol. The number of rotatable bonds is 31. The van der Waals surface area contributed by atoms with Crippen molar-refractivity contribution in [3.8, 4) is 0 Å². The number of aliphatic hydroxyl groups is 1. The highest BCUT2D eigenvalue weighted by Crippen LogP contribution is 2.22. The minimum absolute atomic E-state index is 0. The van der Waals surface area contributed by atoms with Gasteiger partial charge in [-0.3, -0.25) is 62.5 Å². The van der Waals surface area contributed by atoms with Crippen LogP contribution in [0.2, 0.25) is 0 Å². The molecular formula is C57H81N17O15. The molecule has 4 aromatic rings. The number of carbonyl (C=O) groups excluding carboxylic acids is 11. The standard InChI is InChI=1S/C55H75N17O12.C2H4O2.H2O/c1-30(2)20-38(49(79)67-37(14-8-18-60-55(57)58)54(84)72-19-9-15-43(72)53(83)62-26-44(56)74)66-46(76)27-63-47(77)39(21-31-10-4-3-5-11-31)68-52(82)42(28-73)71-50(80)40(22-32-24-61-35-13-7-6-12-34(32)35)69-51(81)41(23-33-25-59-29-64-33)70-48(78)36-16-17-45(75)65-36;1-2(3)4;/h3-7,10-13,24-25,29-30,36-43,61,73H,8-9,14-23,26-28H2,1-2H3,(H2,56,74)(H,59,64)(H,62,83)(H,63,77)(H,65,75)(H,66,76)(H,67,79)(H,68,82)(H,69,81)(H,70,78)(H,71,80)(H4,57,58,60);1H3,(H,3,4);1H2/t36-,37-,38-,39-,40-,41-,42-,43-;;/m0../s1. The molecule has 2 fully saturated rings. The lowest BCUT2D eigenvalue weighted by atomic mass is 10.0. The van der Waals surface area contributed by atoms with E-state index in [4.69, 9.17) is 27.1 Å². The number of fused-ring (bicyclic) bond motifs is 1. The molecule has 484 valence electrons. The second kappa shape index (κ2) is 35.6. The first-order chi connectivity index (χ1) is 41.9. The van der Waals surface area contributed by atoms with Crippen LogP contribution in [0.1, 0.15) is 82.5 Å². The van der Waals surface area contributed by atoms with Crippen LogP contribution in [-0.2, 0) is 76.8 Å². The summed E-state index contributed by atoms with van der Waals surface area (Å²) in [4.78, 5) is 173. The number of likely N-dealkylation sites (tertiary alicyclic amines) is 1. The topological polar surface area (TPSA) is 523 Å². The predicted octanol–water partition coefficient (Wildman–Crippen LogP) is -4.83. The Morgan fingerprint density at radius 1 is 0.719 bits per heavy atom. The first-order valence-corrected chi connectivity index (χ1v) is 28.6. The van der Waals surface area contributed by atoms with Crippen LogP contribution < -0.4 is 65.1 Å². The summed E-state index contributed by atoms with van der Waals surface area (Å²) in [6.45, 7) is 2.84. The van der Waals surface area contributed by atoms with Gasteiger partial charge in [0.2, 0.25) is 65.0 Å². The monoisotopic (exact) mass is 1240 g/mol. The van der Waals surface area contributed by atoms with E-state index < -0.39 is 133 Å². The molecule has 0 aliphatic carbocycles. The van der Waals surface area contributed by atoms with E-state index in [1.165, 1.54) is 17.4 Å². The molecular weight excluding hydrogens is 1160 g/mol. The number of H-pyrrole nitrogens is 2. The lowest BCUT2D eigenvalue weighted by Crippen LogP contribution is -2.60. The Bertz CT molecular complexity index is 3110. The van der Waals surface area contributed by atoms with Gasteiger partial charge in [-0.1, -0.05) is 62.4 Å². The molecule has 2 aromatic carbocycles. The van der Waals surface area contributed by atoms with E-state index in [1.54, 1.807) is 68.6 Å². The number of aliphatic imine (C=N–C) groups is 1. The van der Waals surface area contributed by atoms with Crippen LogP contribution in [0.4, 0.5) is 0 Å². The molecule has 2 aliphatic heterocycles. The van der Waals surface area contributed by atoms with Crippen molar-refractivity contribution in [2.24, 2.45) is 28.1 Å². The number of nitrogens with two attached hydrogens (primary N) is 3. The fourth-order valence-electron chi connectivity index (χ4n) is 9.78. The van der Waals surface area contributed by atoms with Gasteiger partial charge in [0.25, 0.3) is 5.97 Å². The van der Waals surface area contributed by atoms with Crippen molar-refractivity contribution in [1.82, 2.24) is 67.7 Å². The minimum atomic E-state index is -1.71. The van der Waals surface area contributed by atoms with Crippen molar-refractivity contribution in [3.05, 3.63) is 90.1 Å². The highest BCUT2D eigenvalue weighted by atomic mass is 16.4. The number of imidazole rings is 1. The molecule has 0 unspecified atom stereocenters. The Balaban J connectivity index is 0.00000328. The number of hydrogen-bond donors (Lipinski definition) is 16. The van der Waals surface area contributed by atoms with Crippen molar-refractivity contribution in [3.63, 3.8) is 0 Å². The third kappa shape index (κ3) is 23.3. The summed E-state index contributed by atoms with van der Waals surface area (Å²) in [5, 5.41) is 42.1. The van der Waals surface area contributed by atoms with E-state index in [1.807, 2.05) is 6.07 Å². The van der Waals surface area contributed by atoms with Crippen LogP contribution in [0.3, 0.4) is 0 Å². The highest BCUT2D eigenvalue weighted by molar-refractivity contribution is 5.99. The van der Waals surface area contributed by atoms with E-state index in [2.05, 4.69) is 67.8 Å². The summed E-state index contributed by atoms with van der Waals surface area (Å²) in [6, 6.07) is 5.53. The van der Waals surface area contributed by atoms with Gasteiger partial charge in [-0.05, 0) is 61.6 Å². The van der Waals surface area contributed by atoms with Crippen LogP contribution in [0.25, 0.3) is 10.9 Å². The summed E-state index contributed by atoms with van der Waals surface area (Å²) in [6.07, 6.45) is 5.51. The fraction of sp³-hybridized carbons (Fsp3) is 0.474. The first kappa shape index (κ1) is 71.5. The molecule has 0 spiro atoms. The summed E-state index contributed by atoms with van der Waals surface area (Å²) >= 11 is 0. The van der Waals surface area contributed by atoms with Gasteiger partial charge in [0.05, 0.1) is 26.0 Å². The number of para-hydroxylation sites is 1. The number of hydrogen-bond acceptors (Lipinski definition) is 15. The number of aromatic nitrogens is 3. The molecule has 0 radical (unpaired) electrons. The Labute approximate surface area is 511 Å². The Morgan fingerprint density at radius 3 is 1.96 bits per heavy atom. The van der Waals surface area contributed by atoms with Crippen molar-refractivity contribution < 1.29 is 73.2 Å². The number of benzene rings is 2. The van der Waals surface area contributed by atoms with Crippen molar-refractivity contribution in [2.45, 2.75) is 133 Å². The van der Waals surface area contributed by atoms with Gasteiger partial charge in [0.1, 0.15) is 48.3 Å². The van der Waals surface area contributed by atoms with E-state index >= 15 is 0 Å². The number of aliphatic hydroxyl groups excluding tert-OH is 1. The molecule has 11 amide bonds. The molecule has 32 heteroatoms. The number of guanidine groups is 1. The maximum atomic E-state index is 14.4. The van der Waals surface area contributed by atoms with Gasteiger partial charge < -0.3 is 95.6 Å². The number of carboxylic acid groups (broad SMARTS) is 1. The number of carboxylic acids is 1. The number of primary amides is 1. The zero-order chi connectivity index (χ0) is 64.5. The normalized spacial score (nSPS) is 16.1. The zero-order valence-electron chi connectivity index (χ0n) is 49.6. The van der Waals surface area contributed by atoms with Gasteiger partial charge in [0.15, 0.2) is 5.96 Å². The minimum Gasteiger partial charge on any atom is -0.481 e. The second-order valence-corrected chi connectivity index (χ2v) is 21.5. The van der Waals surface area contributed by atoms with Crippen LogP contribution in [-0.4, -0.2) is 194 Å². The maximum Gasteiger partial charge on any atom is 0.300 e. The van der Waals surface area contributed by atoms with Gasteiger partial charge in [0, 0.05) is 74.7 Å². The largest absolute Gasteiger partial charge is 0.481 e. The summed E-state index contributed by atoms with van der Waals surface area (Å²) in [5.41, 5.74) is 18.5. The number of nitrogens with one attached hydrogen (secondary N) is 11. The number of aromatic amines is 2. The molecule has 32 nitrogen and oxygen atoms in total. The van der Waals surface area contributed by atoms with Crippen molar-refractivity contribution >= 4 is 87.8 Å². The number of carbonyl (C=O) groups is 12. The molecule has 21 N–H and O–H groups in total. The summed E-state index contributed by atoms with van der Waals surface area (Å²) in [7, 11) is 0. The third-order valence-electron chi connectivity index (χ3n) is 14.0. The number of amides is 11. The lowest BCUT2D eigenvalue weighted by Gasteiger charge is -2.30. The quantitative estimate of drug-likeness (QED) is 0.0128. The first-order valence-electron chi connectivity index (χ1n) is 28.6. The Hall–Kier alpha value is -9.98. The molecule has 8 atom stereocenters. The summed E-state index contributed by atoms with van der Waals surface area (Å²) in [5.74, 6) is -9.30. The van der Waals surface area contributed by atoms with Crippen LogP contribution in [0, 0.1) is 5.92 Å². The van der Waals surface area contributed by atoms with Crippen molar-refractivity contribution in [1.29, 1.82) is 0 Å². The number of nitrogens with zero attached hydrogens (tertiary/aromatic N) is 3.